The van der Waals surface area contributed by atoms with Gasteiger partial charge >= 0.3 is 0 Å². The topological polar surface area (TPSA) is 38.8 Å². The maximum Gasteiger partial charge on any atom is 0.260 e. The molecule has 1 aliphatic heterocycles. The van der Waals surface area contributed by atoms with Crippen LogP contribution in [0, 0.1) is 0 Å². The summed E-state index contributed by atoms with van der Waals surface area (Å²) in [5.41, 5.74) is -0.399. The Labute approximate surface area is 134 Å². The highest BCUT2D eigenvalue weighted by molar-refractivity contribution is 6.30. The van der Waals surface area contributed by atoms with Crippen molar-refractivity contribution >= 4 is 29.1 Å². The van der Waals surface area contributed by atoms with E-state index in [0.717, 1.165) is 0 Å². The summed E-state index contributed by atoms with van der Waals surface area (Å²) in [6.45, 7) is 4.89. The summed E-state index contributed by atoms with van der Waals surface area (Å²) < 4.78 is 11.3. The molecule has 0 aromatic heterocycles. The molecule has 1 fully saturated rings. The Morgan fingerprint density at radius 2 is 2.29 bits per heavy atom. The molecule has 1 saturated heterocycles. The standard InChI is InChI=1S/C15H19Cl2NO3/c1-15(2)10-18(8-13(7-16)21-15)14(19)9-20-12-5-3-4-11(17)6-12/h3-6,13H,7-10H2,1-2H3. The third-order valence-corrected chi connectivity index (χ3v) is 3.74. The van der Waals surface area contributed by atoms with Crippen LogP contribution in [0.3, 0.4) is 0 Å². The molecule has 21 heavy (non-hydrogen) atoms. The molecule has 0 aliphatic carbocycles. The minimum atomic E-state index is -0.399. The fourth-order valence-corrected chi connectivity index (χ4v) is 2.70. The first kappa shape index (κ1) is 16.4. The highest BCUT2D eigenvalue weighted by atomic mass is 35.5. The first-order valence-corrected chi connectivity index (χ1v) is 7.71. The minimum Gasteiger partial charge on any atom is -0.484 e. The van der Waals surface area contributed by atoms with Gasteiger partial charge in [0.15, 0.2) is 6.61 Å². The van der Waals surface area contributed by atoms with E-state index < -0.39 is 5.60 Å². The fourth-order valence-electron chi connectivity index (χ4n) is 2.36. The van der Waals surface area contributed by atoms with Gasteiger partial charge in [-0.05, 0) is 32.0 Å². The van der Waals surface area contributed by atoms with Crippen molar-refractivity contribution in [2.45, 2.75) is 25.6 Å². The van der Waals surface area contributed by atoms with Crippen molar-refractivity contribution in [2.24, 2.45) is 0 Å². The van der Waals surface area contributed by atoms with E-state index in [-0.39, 0.29) is 18.6 Å². The quantitative estimate of drug-likeness (QED) is 0.796. The molecule has 1 atom stereocenters. The molecule has 1 aromatic carbocycles. The molecular weight excluding hydrogens is 313 g/mol. The van der Waals surface area contributed by atoms with Crippen LogP contribution >= 0.6 is 23.2 Å². The molecule has 1 aliphatic rings. The average molecular weight is 332 g/mol. The summed E-state index contributed by atoms with van der Waals surface area (Å²) in [5, 5.41) is 0.578. The molecule has 0 N–H and O–H groups in total. The maximum atomic E-state index is 12.3. The van der Waals surface area contributed by atoms with E-state index in [1.165, 1.54) is 0 Å². The summed E-state index contributed by atoms with van der Waals surface area (Å²) >= 11 is 11.7. The number of amides is 1. The number of carbonyl (C=O) groups excluding carboxylic acids is 1. The van der Waals surface area contributed by atoms with Gasteiger partial charge in [-0.15, -0.1) is 11.6 Å². The lowest BCUT2D eigenvalue weighted by atomic mass is 10.1. The maximum absolute atomic E-state index is 12.3. The molecule has 0 spiro atoms. The van der Waals surface area contributed by atoms with Crippen LogP contribution in [0.5, 0.6) is 5.75 Å². The van der Waals surface area contributed by atoms with Crippen molar-refractivity contribution in [3.63, 3.8) is 0 Å². The lowest BCUT2D eigenvalue weighted by molar-refractivity contribution is -0.159. The third-order valence-electron chi connectivity index (χ3n) is 3.16. The first-order valence-electron chi connectivity index (χ1n) is 6.79. The van der Waals surface area contributed by atoms with Gasteiger partial charge in [-0.2, -0.15) is 0 Å². The van der Waals surface area contributed by atoms with Gasteiger partial charge in [0.05, 0.1) is 17.6 Å². The van der Waals surface area contributed by atoms with Gasteiger partial charge in [-0.25, -0.2) is 0 Å². The number of hydrogen-bond acceptors (Lipinski definition) is 3. The van der Waals surface area contributed by atoms with Crippen LogP contribution in [0.25, 0.3) is 0 Å². The Morgan fingerprint density at radius 1 is 1.52 bits per heavy atom. The number of alkyl halides is 1. The van der Waals surface area contributed by atoms with Gasteiger partial charge < -0.3 is 14.4 Å². The van der Waals surface area contributed by atoms with Crippen molar-refractivity contribution < 1.29 is 14.3 Å². The SMILES string of the molecule is CC1(C)CN(C(=O)COc2cccc(Cl)c2)CC(CCl)O1. The molecule has 4 nitrogen and oxygen atoms in total. The highest BCUT2D eigenvalue weighted by Gasteiger charge is 2.35. The highest BCUT2D eigenvalue weighted by Crippen LogP contribution is 2.22. The number of nitrogens with zero attached hydrogens (tertiary/aromatic N) is 1. The number of halogens is 2. The van der Waals surface area contributed by atoms with Crippen molar-refractivity contribution in [3.05, 3.63) is 29.3 Å². The Morgan fingerprint density at radius 3 is 2.95 bits per heavy atom. The normalized spacial score (nSPS) is 21.1. The van der Waals surface area contributed by atoms with E-state index in [4.69, 9.17) is 32.7 Å². The summed E-state index contributed by atoms with van der Waals surface area (Å²) in [5.74, 6) is 0.862. The lowest BCUT2D eigenvalue weighted by Crippen LogP contribution is -2.56. The van der Waals surface area contributed by atoms with E-state index in [1.807, 2.05) is 13.8 Å². The van der Waals surface area contributed by atoms with Crippen LogP contribution in [-0.4, -0.2) is 48.1 Å². The summed E-state index contributed by atoms with van der Waals surface area (Å²) in [6.07, 6.45) is -0.148. The van der Waals surface area contributed by atoms with Crippen molar-refractivity contribution in [3.8, 4) is 5.75 Å². The molecule has 0 bridgehead atoms. The average Bonchev–Trinajstić information content (AvgIpc) is 2.43. The Hall–Kier alpha value is -0.970. The summed E-state index contributed by atoms with van der Waals surface area (Å²) in [4.78, 5) is 14.0. The van der Waals surface area contributed by atoms with Crippen molar-refractivity contribution in [1.29, 1.82) is 0 Å². The smallest absolute Gasteiger partial charge is 0.260 e. The second kappa shape index (κ2) is 6.86. The first-order chi connectivity index (χ1) is 9.89. The zero-order valence-electron chi connectivity index (χ0n) is 12.1. The van der Waals surface area contributed by atoms with Gasteiger partial charge in [-0.3, -0.25) is 4.79 Å². The molecule has 1 amide bonds. The van der Waals surface area contributed by atoms with Gasteiger partial charge in [0.2, 0.25) is 0 Å². The number of benzene rings is 1. The van der Waals surface area contributed by atoms with Crippen LogP contribution in [0.4, 0.5) is 0 Å². The van der Waals surface area contributed by atoms with E-state index in [9.17, 15) is 4.79 Å². The lowest BCUT2D eigenvalue weighted by Gasteiger charge is -2.42. The molecule has 1 heterocycles. The van der Waals surface area contributed by atoms with Gasteiger partial charge in [0.25, 0.3) is 5.91 Å². The zero-order chi connectivity index (χ0) is 15.5. The molecule has 6 heteroatoms. The van der Waals surface area contributed by atoms with Crippen LogP contribution in [0.2, 0.25) is 5.02 Å². The van der Waals surface area contributed by atoms with Gasteiger partial charge in [0, 0.05) is 18.1 Å². The van der Waals surface area contributed by atoms with Gasteiger partial charge in [-0.1, -0.05) is 17.7 Å². The van der Waals surface area contributed by atoms with Crippen LogP contribution < -0.4 is 4.74 Å². The zero-order valence-corrected chi connectivity index (χ0v) is 13.7. The molecule has 0 saturated carbocycles. The number of morpholine rings is 1. The van der Waals surface area contributed by atoms with Crippen LogP contribution in [0.1, 0.15) is 13.8 Å². The number of rotatable bonds is 4. The molecule has 1 unspecified atom stereocenters. The molecule has 2 rings (SSSR count). The largest absolute Gasteiger partial charge is 0.484 e. The second-order valence-electron chi connectivity index (χ2n) is 5.67. The number of ether oxygens (including phenoxy) is 2. The molecule has 116 valence electrons. The van der Waals surface area contributed by atoms with Gasteiger partial charge in [0.1, 0.15) is 5.75 Å². The van der Waals surface area contributed by atoms with E-state index in [0.29, 0.717) is 29.7 Å². The predicted octanol–water partition coefficient (Wildman–Crippen LogP) is 2.96. The number of carbonyl (C=O) groups is 1. The summed E-state index contributed by atoms with van der Waals surface area (Å²) in [7, 11) is 0. The van der Waals surface area contributed by atoms with Crippen LogP contribution in [0.15, 0.2) is 24.3 Å². The fraction of sp³-hybridized carbons (Fsp3) is 0.533. The van der Waals surface area contributed by atoms with Crippen molar-refractivity contribution in [1.82, 2.24) is 4.90 Å². The third kappa shape index (κ3) is 4.77. The Bertz CT molecular complexity index is 507. The Balaban J connectivity index is 1.93. The van der Waals surface area contributed by atoms with E-state index >= 15 is 0 Å². The van der Waals surface area contributed by atoms with Crippen LogP contribution in [-0.2, 0) is 9.53 Å². The second-order valence-corrected chi connectivity index (χ2v) is 6.42. The monoisotopic (exact) mass is 331 g/mol. The van der Waals surface area contributed by atoms with E-state index in [2.05, 4.69) is 0 Å². The Kier molecular flexibility index (Phi) is 5.36. The molecule has 0 radical (unpaired) electrons. The number of hydrogen-bond donors (Lipinski definition) is 0. The van der Waals surface area contributed by atoms with E-state index in [1.54, 1.807) is 29.2 Å². The van der Waals surface area contributed by atoms with Crippen molar-refractivity contribution in [2.75, 3.05) is 25.6 Å². The predicted molar refractivity (Wildman–Crippen MR) is 83.2 cm³/mol. The summed E-state index contributed by atoms with van der Waals surface area (Å²) in [6, 6.07) is 6.99. The minimum absolute atomic E-state index is 0.0224. The molecule has 1 aromatic rings. The molecular formula is C15H19Cl2NO3.